The van der Waals surface area contributed by atoms with Crippen molar-refractivity contribution >= 4 is 53.2 Å². The second kappa shape index (κ2) is 46.9. The van der Waals surface area contributed by atoms with E-state index in [4.69, 9.17) is 28.4 Å². The fraction of sp³-hybridized carbons (Fsp3) is 0.487. The molecule has 8 aliphatic rings. The van der Waals surface area contributed by atoms with E-state index in [0.717, 1.165) is 23.8 Å². The number of ether oxygens (including phenoxy) is 6. The third-order valence-electron chi connectivity index (χ3n) is 18.4. The molecule has 5 aromatic rings. The molecule has 8 heterocycles. The number of carbonyl (C=O) groups excluding carboxylic acids is 9. The van der Waals surface area contributed by atoms with Gasteiger partial charge in [-0.05, 0) is 86.8 Å². The van der Waals surface area contributed by atoms with E-state index in [1.165, 1.54) is 30.3 Å². The van der Waals surface area contributed by atoms with Crippen LogP contribution in [-0.2, 0) is 28.4 Å². The van der Waals surface area contributed by atoms with Gasteiger partial charge in [0.1, 0.15) is 0 Å². The first kappa shape index (κ1) is 88.5. The van der Waals surface area contributed by atoms with Gasteiger partial charge in [0.25, 0.3) is 53.2 Å². The molecule has 8 bridgehead atoms. The minimum absolute atomic E-state index is 0.00778. The van der Waals surface area contributed by atoms with E-state index in [-0.39, 0.29) is 179 Å². The number of methoxy groups -OCH3 is 2. The van der Waals surface area contributed by atoms with Crippen LogP contribution in [0.15, 0.2) is 72.8 Å². The van der Waals surface area contributed by atoms with Crippen LogP contribution in [-0.4, -0.2) is 331 Å². The highest BCUT2D eigenvalue weighted by atomic mass is 16.5. The molecule has 1 unspecified atom stereocenters. The molecule has 36 nitrogen and oxygen atoms in total. The predicted octanol–water partition coefficient (Wildman–Crippen LogP) is 0.142. The van der Waals surface area contributed by atoms with Crippen LogP contribution in [0, 0.1) is 6.92 Å². The fourth-order valence-electron chi connectivity index (χ4n) is 12.0. The molecule has 112 heavy (non-hydrogen) atoms. The van der Waals surface area contributed by atoms with Crippen molar-refractivity contribution in [2.75, 3.05) is 211 Å². The summed E-state index contributed by atoms with van der Waals surface area (Å²) in [5.74, 6) is -14.1. The molecule has 17 N–H and O–H groups in total. The molecule has 0 aliphatic carbocycles. The summed E-state index contributed by atoms with van der Waals surface area (Å²) in [6.45, 7) is 6.05. The lowest BCUT2D eigenvalue weighted by atomic mass is 10.0. The van der Waals surface area contributed by atoms with E-state index in [1.54, 1.807) is 43.4 Å². The number of hydrogen-bond donors (Lipinski definition) is 17. The lowest BCUT2D eigenvalue weighted by Gasteiger charge is -2.31. The highest BCUT2D eigenvalue weighted by molar-refractivity contribution is 6.06. The molecule has 0 radical (unpaired) electrons. The smallest absolute Gasteiger partial charge is 0.255 e. The van der Waals surface area contributed by atoms with Crippen LogP contribution in [0.5, 0.6) is 46.0 Å². The number of nitrogens with one attached hydrogen (secondary N) is 9. The van der Waals surface area contributed by atoms with Gasteiger partial charge in [0, 0.05) is 157 Å². The summed E-state index contributed by atoms with van der Waals surface area (Å²) >= 11 is 0. The standard InChI is InChI=1S/C76H105N13O23/c1-49-7-9-50(10-8-49)68(98)77-19-5-4-6-51-48-89(33-26-84-75(105)57-16-15-56(64(94)65(57)95)73(103)82-24-31-88(37-39-110-45-47-112-43-41-108-3)32-25-83-74(104)58-17-18-59(76(106)85-51)67(97)66(58)96)35-34-86-27-20-78-69(99)52-11-13-54(62(92)60(52)90)71(101)80-22-29-87(36-38-109-44-46-111-42-40-107-2)30-23-81-72(102)55-14-12-53(61(91)63(55)93)70(100)79-21-28-86/h7-18,51,90-97H,4-6,19-48H2,1-3H3,(H,77,98)(H,78,99)(H,79,100)(H,80,101)(H,81,102)(H,82,103)(H,83,104)(H,84,105)(H,85,106). The van der Waals surface area contributed by atoms with Gasteiger partial charge in [0.2, 0.25) is 0 Å². The minimum Gasteiger partial charge on any atom is -0.504 e. The number of aryl methyl sites for hydroxylation is 1. The summed E-state index contributed by atoms with van der Waals surface area (Å²) in [6.07, 6.45) is 0.967. The summed E-state index contributed by atoms with van der Waals surface area (Å²) in [4.78, 5) is 131. The number of phenols is 8. The Kier molecular flexibility index (Phi) is 37.1. The van der Waals surface area contributed by atoms with Crippen LogP contribution in [0.1, 0.15) is 118 Å². The Morgan fingerprint density at radius 1 is 0.357 bits per heavy atom. The van der Waals surface area contributed by atoms with Gasteiger partial charge < -0.3 is 117 Å². The van der Waals surface area contributed by atoms with E-state index in [2.05, 4.69) is 47.9 Å². The second-order valence-corrected chi connectivity index (χ2v) is 26.3. The number of phenolic OH excluding ortho intramolecular Hbond substituents is 8. The Balaban J connectivity index is 1.15. The average molecular weight is 1570 g/mol. The molecule has 8 aliphatic heterocycles. The molecule has 0 aromatic heterocycles. The maximum atomic E-state index is 14.6. The maximum absolute atomic E-state index is 14.6. The third kappa shape index (κ3) is 27.7. The van der Waals surface area contributed by atoms with Crippen LogP contribution in [0.25, 0.3) is 0 Å². The minimum atomic E-state index is -0.909. The first-order chi connectivity index (χ1) is 54.0. The van der Waals surface area contributed by atoms with Crippen molar-refractivity contribution in [3.63, 3.8) is 0 Å². The molecule has 0 saturated heterocycles. The molecule has 9 amide bonds. The van der Waals surface area contributed by atoms with Crippen molar-refractivity contribution in [1.29, 1.82) is 0 Å². The van der Waals surface area contributed by atoms with Crippen LogP contribution in [0.3, 0.4) is 0 Å². The topological polar surface area (TPSA) is 492 Å². The Hall–Kier alpha value is -10.7. The zero-order chi connectivity index (χ0) is 80.9. The van der Waals surface area contributed by atoms with E-state index in [0.29, 0.717) is 71.1 Å². The summed E-state index contributed by atoms with van der Waals surface area (Å²) in [5, 5.41) is 115. The molecule has 5 aromatic carbocycles. The lowest BCUT2D eigenvalue weighted by Crippen LogP contribution is -2.49. The Bertz CT molecular complexity index is 3870. The number of unbranched alkanes of at least 4 members (excludes halogenated alkanes) is 1. The summed E-state index contributed by atoms with van der Waals surface area (Å²) in [5.41, 5.74) is -1.61. The molecule has 612 valence electrons. The summed E-state index contributed by atoms with van der Waals surface area (Å²) in [6, 6.07) is 15.5. The number of rotatable bonds is 27. The zero-order valence-electron chi connectivity index (χ0n) is 63.3. The van der Waals surface area contributed by atoms with E-state index < -0.39 is 122 Å². The van der Waals surface area contributed by atoms with E-state index in [9.17, 15) is 84.0 Å². The molecule has 0 saturated carbocycles. The van der Waals surface area contributed by atoms with Gasteiger partial charge in [0.15, 0.2) is 46.0 Å². The average Bonchev–Trinajstić information content (AvgIpc) is 0.819. The van der Waals surface area contributed by atoms with E-state index in [1.807, 2.05) is 21.6 Å². The van der Waals surface area contributed by atoms with Gasteiger partial charge in [-0.25, -0.2) is 0 Å². The highest BCUT2D eigenvalue weighted by Gasteiger charge is 2.29. The Morgan fingerprint density at radius 2 is 0.625 bits per heavy atom. The van der Waals surface area contributed by atoms with Crippen molar-refractivity contribution in [1.82, 2.24) is 67.5 Å². The van der Waals surface area contributed by atoms with Crippen molar-refractivity contribution in [2.24, 2.45) is 0 Å². The SMILES string of the molecule is COCCOCCOCCN1CCNC(=O)c2ccc(c(O)c2O)C(=O)NCCN(CCN2CCNC(=O)c3ccc(c(O)c3O)C(=O)NCCN(CCOCCOCCOC)CCNC(=O)c3ccc(c(O)c3O)C(=O)NC(CCCCNC(=O)c3ccc(C)cc3)C2)CCNC(=O)c2ccc(c(O)c2O)C(=O)NCC1. The molecule has 1 atom stereocenters. The van der Waals surface area contributed by atoms with Crippen LogP contribution in [0.2, 0.25) is 0 Å². The normalized spacial score (nSPS) is 16.8. The Labute approximate surface area is 648 Å². The van der Waals surface area contributed by atoms with Crippen molar-refractivity contribution in [3.05, 3.63) is 128 Å². The van der Waals surface area contributed by atoms with Gasteiger partial charge in [-0.2, -0.15) is 0 Å². The van der Waals surface area contributed by atoms with Gasteiger partial charge in [-0.15, -0.1) is 0 Å². The second-order valence-electron chi connectivity index (χ2n) is 26.3. The quantitative estimate of drug-likeness (QED) is 0.0246. The number of amides is 9. The molecular weight excluding hydrogens is 1460 g/mol. The monoisotopic (exact) mass is 1570 g/mol. The number of benzene rings is 5. The number of nitrogens with zero attached hydrogens (tertiary/aromatic N) is 4. The van der Waals surface area contributed by atoms with Gasteiger partial charge in [-0.1, -0.05) is 17.7 Å². The van der Waals surface area contributed by atoms with Crippen molar-refractivity contribution < 1.29 is 112 Å². The predicted molar refractivity (Wildman–Crippen MR) is 407 cm³/mol. The maximum Gasteiger partial charge on any atom is 0.255 e. The number of carbonyl (C=O) groups is 9. The molecule has 13 rings (SSSR count). The van der Waals surface area contributed by atoms with Gasteiger partial charge in [0.05, 0.1) is 111 Å². The zero-order valence-corrected chi connectivity index (χ0v) is 63.3. The third-order valence-corrected chi connectivity index (χ3v) is 18.4. The Morgan fingerprint density at radius 3 is 0.938 bits per heavy atom. The van der Waals surface area contributed by atoms with Gasteiger partial charge >= 0.3 is 0 Å². The lowest BCUT2D eigenvalue weighted by molar-refractivity contribution is 0.0196. The van der Waals surface area contributed by atoms with Crippen molar-refractivity contribution in [2.45, 2.75) is 32.2 Å². The largest absolute Gasteiger partial charge is 0.504 e. The van der Waals surface area contributed by atoms with Gasteiger partial charge in [-0.3, -0.25) is 62.8 Å². The highest BCUT2D eigenvalue weighted by Crippen LogP contribution is 2.36. The van der Waals surface area contributed by atoms with Crippen molar-refractivity contribution in [3.8, 4) is 46.0 Å². The van der Waals surface area contributed by atoms with Crippen LogP contribution in [0.4, 0.5) is 0 Å². The summed E-state index contributed by atoms with van der Waals surface area (Å²) < 4.78 is 32.4. The number of aromatic hydroxyl groups is 8. The first-order valence-electron chi connectivity index (χ1n) is 37.0. The van der Waals surface area contributed by atoms with E-state index >= 15 is 0 Å². The molecular formula is C76H105N13O23. The summed E-state index contributed by atoms with van der Waals surface area (Å²) in [7, 11) is 3.10. The number of hydrogen-bond acceptors (Lipinski definition) is 27. The molecule has 0 fully saturated rings. The molecule has 36 heteroatoms. The molecule has 0 spiro atoms. The fourth-order valence-corrected chi connectivity index (χ4v) is 12.0. The van der Waals surface area contributed by atoms with Crippen LogP contribution < -0.4 is 47.9 Å². The first-order valence-corrected chi connectivity index (χ1v) is 37.0. The van der Waals surface area contributed by atoms with Crippen LogP contribution >= 0.6 is 0 Å².